The lowest BCUT2D eigenvalue weighted by atomic mass is 9.90. The molecule has 3 heterocycles. The van der Waals surface area contributed by atoms with Gasteiger partial charge in [-0.25, -0.2) is 0 Å². The number of hydrogen-bond acceptors (Lipinski definition) is 6. The molecule has 0 aromatic heterocycles. The molecule has 8 nitrogen and oxygen atoms in total. The van der Waals surface area contributed by atoms with Crippen LogP contribution in [0.5, 0.6) is 0 Å². The average Bonchev–Trinajstić information content (AvgIpc) is 2.87. The zero-order valence-corrected chi connectivity index (χ0v) is 19.8. The first-order chi connectivity index (χ1) is 16.7. The molecule has 3 saturated heterocycles. The Hall–Kier alpha value is -2.40. The van der Waals surface area contributed by atoms with E-state index in [1.54, 1.807) is 4.90 Å². The molecule has 0 spiro atoms. The quantitative estimate of drug-likeness (QED) is 0.439. The molecule has 1 amide bonds. The number of carbonyl (C=O) groups excluding carboxylic acids is 1. The summed E-state index contributed by atoms with van der Waals surface area (Å²) < 4.78 is 44.4. The number of carbonyl (C=O) groups is 1. The monoisotopic (exact) mass is 498 g/mol. The molecule has 4 rings (SSSR count). The number of benzene rings is 1. The van der Waals surface area contributed by atoms with Crippen LogP contribution in [0.15, 0.2) is 18.2 Å². The molecule has 0 radical (unpaired) electrons. The van der Waals surface area contributed by atoms with Gasteiger partial charge in [0.1, 0.15) is 5.69 Å². The minimum Gasteiger partial charge on any atom is -0.379 e. The van der Waals surface area contributed by atoms with E-state index in [-0.39, 0.29) is 17.5 Å². The molecule has 0 aliphatic carbocycles. The fourth-order valence-corrected chi connectivity index (χ4v) is 5.37. The number of nitro groups is 1. The molecular formula is C24H33F3N4O4. The molecule has 1 aromatic rings. The highest BCUT2D eigenvalue weighted by Crippen LogP contribution is 2.38. The van der Waals surface area contributed by atoms with Crippen LogP contribution in [-0.4, -0.2) is 79.7 Å². The fourth-order valence-electron chi connectivity index (χ4n) is 5.37. The van der Waals surface area contributed by atoms with Gasteiger partial charge >= 0.3 is 6.18 Å². The van der Waals surface area contributed by atoms with Crippen LogP contribution in [0, 0.1) is 22.0 Å². The van der Waals surface area contributed by atoms with Gasteiger partial charge in [0.25, 0.3) is 5.69 Å². The highest BCUT2D eigenvalue weighted by Gasteiger charge is 2.36. The Morgan fingerprint density at radius 3 is 2.29 bits per heavy atom. The van der Waals surface area contributed by atoms with Crippen LogP contribution in [0.1, 0.15) is 37.7 Å². The van der Waals surface area contributed by atoms with Crippen molar-refractivity contribution in [1.82, 2.24) is 9.80 Å². The summed E-state index contributed by atoms with van der Waals surface area (Å²) >= 11 is 0. The standard InChI is InChI=1S/C24H33F3N4O4/c25-24(26,27)20-1-2-21(22(17-20)31(33)34)29-11-6-19(7-12-29)23(32)30-9-4-18(5-10-30)3-8-28-13-15-35-16-14-28/h1-2,17-19H,3-16H2. The molecule has 0 unspecified atom stereocenters. The number of rotatable bonds is 6. The minimum atomic E-state index is -4.64. The summed E-state index contributed by atoms with van der Waals surface area (Å²) in [7, 11) is 0. The third-order valence-corrected chi connectivity index (χ3v) is 7.57. The van der Waals surface area contributed by atoms with Crippen LogP contribution in [0.4, 0.5) is 24.5 Å². The largest absolute Gasteiger partial charge is 0.416 e. The fraction of sp³-hybridized carbons (Fsp3) is 0.708. The van der Waals surface area contributed by atoms with E-state index in [9.17, 15) is 28.1 Å². The van der Waals surface area contributed by atoms with Gasteiger partial charge in [-0.1, -0.05) is 0 Å². The second kappa shape index (κ2) is 11.1. The molecule has 1 aromatic carbocycles. The first-order valence-electron chi connectivity index (χ1n) is 12.4. The summed E-state index contributed by atoms with van der Waals surface area (Å²) in [4.78, 5) is 29.9. The molecule has 0 saturated carbocycles. The van der Waals surface area contributed by atoms with E-state index in [1.807, 2.05) is 4.90 Å². The lowest BCUT2D eigenvalue weighted by Gasteiger charge is -2.38. The Labute approximate surface area is 203 Å². The van der Waals surface area contributed by atoms with E-state index in [2.05, 4.69) is 4.90 Å². The molecular weight excluding hydrogens is 465 g/mol. The van der Waals surface area contributed by atoms with Gasteiger partial charge in [-0.3, -0.25) is 19.8 Å². The van der Waals surface area contributed by atoms with Gasteiger partial charge < -0.3 is 14.5 Å². The van der Waals surface area contributed by atoms with Gasteiger partial charge in [0.05, 0.1) is 23.7 Å². The van der Waals surface area contributed by atoms with Crippen molar-refractivity contribution in [2.75, 3.05) is 63.9 Å². The molecule has 3 fully saturated rings. The number of nitrogens with zero attached hydrogens (tertiary/aromatic N) is 4. The van der Waals surface area contributed by atoms with E-state index in [1.165, 1.54) is 6.07 Å². The van der Waals surface area contributed by atoms with Gasteiger partial charge in [-0.05, 0) is 56.7 Å². The molecule has 35 heavy (non-hydrogen) atoms. The number of piperidine rings is 2. The van der Waals surface area contributed by atoms with Crippen LogP contribution in [-0.2, 0) is 15.7 Å². The van der Waals surface area contributed by atoms with E-state index in [0.717, 1.165) is 71.3 Å². The van der Waals surface area contributed by atoms with Gasteiger partial charge in [-0.2, -0.15) is 13.2 Å². The van der Waals surface area contributed by atoms with Crippen molar-refractivity contribution < 1.29 is 27.6 Å². The van der Waals surface area contributed by atoms with Crippen LogP contribution in [0.2, 0.25) is 0 Å². The van der Waals surface area contributed by atoms with E-state index in [0.29, 0.717) is 37.9 Å². The van der Waals surface area contributed by atoms with Gasteiger partial charge in [0, 0.05) is 51.3 Å². The van der Waals surface area contributed by atoms with Crippen molar-refractivity contribution >= 4 is 17.3 Å². The summed E-state index contributed by atoms with van der Waals surface area (Å²) in [6.07, 6.45) is -0.410. The number of likely N-dealkylation sites (tertiary alicyclic amines) is 1. The lowest BCUT2D eigenvalue weighted by Crippen LogP contribution is -2.46. The zero-order valence-electron chi connectivity index (χ0n) is 19.8. The number of morpholine rings is 1. The molecule has 0 bridgehead atoms. The summed E-state index contributed by atoms with van der Waals surface area (Å²) in [5.74, 6) is 0.617. The number of hydrogen-bond donors (Lipinski definition) is 0. The smallest absolute Gasteiger partial charge is 0.379 e. The second-order valence-electron chi connectivity index (χ2n) is 9.73. The Morgan fingerprint density at radius 2 is 1.69 bits per heavy atom. The predicted molar refractivity (Wildman–Crippen MR) is 124 cm³/mol. The number of nitro benzene ring substituents is 1. The Balaban J connectivity index is 1.26. The molecule has 194 valence electrons. The molecule has 11 heteroatoms. The number of amides is 1. The third-order valence-electron chi connectivity index (χ3n) is 7.57. The number of anilines is 1. The van der Waals surface area contributed by atoms with E-state index >= 15 is 0 Å². The van der Waals surface area contributed by atoms with Crippen molar-refractivity contribution in [2.45, 2.75) is 38.3 Å². The van der Waals surface area contributed by atoms with Crippen molar-refractivity contribution in [2.24, 2.45) is 11.8 Å². The zero-order chi connectivity index (χ0) is 25.0. The van der Waals surface area contributed by atoms with Crippen molar-refractivity contribution in [3.63, 3.8) is 0 Å². The van der Waals surface area contributed by atoms with Gasteiger partial charge in [0.15, 0.2) is 0 Å². The first kappa shape index (κ1) is 25.7. The summed E-state index contributed by atoms with van der Waals surface area (Å²) in [5.41, 5.74) is -1.41. The van der Waals surface area contributed by atoms with E-state index in [4.69, 9.17) is 4.74 Å². The van der Waals surface area contributed by atoms with Gasteiger partial charge in [0.2, 0.25) is 5.91 Å². The van der Waals surface area contributed by atoms with Crippen molar-refractivity contribution in [3.8, 4) is 0 Å². The van der Waals surface area contributed by atoms with Crippen LogP contribution >= 0.6 is 0 Å². The van der Waals surface area contributed by atoms with Crippen LogP contribution < -0.4 is 4.90 Å². The number of halogens is 3. The number of alkyl halides is 3. The number of ether oxygens (including phenoxy) is 1. The van der Waals surface area contributed by atoms with Crippen LogP contribution in [0.25, 0.3) is 0 Å². The summed E-state index contributed by atoms with van der Waals surface area (Å²) in [6, 6.07) is 2.64. The SMILES string of the molecule is O=C(C1CCN(c2ccc(C(F)(F)F)cc2[N+](=O)[O-])CC1)N1CCC(CCN2CCOCC2)CC1. The Kier molecular flexibility index (Phi) is 8.16. The summed E-state index contributed by atoms with van der Waals surface area (Å²) in [6.45, 7) is 7.00. The maximum atomic E-state index is 13.1. The van der Waals surface area contributed by atoms with Gasteiger partial charge in [-0.15, -0.1) is 0 Å². The third kappa shape index (κ3) is 6.43. The highest BCUT2D eigenvalue weighted by molar-refractivity contribution is 5.79. The molecule has 3 aliphatic heterocycles. The van der Waals surface area contributed by atoms with E-state index < -0.39 is 22.4 Å². The molecule has 0 atom stereocenters. The first-order valence-corrected chi connectivity index (χ1v) is 12.4. The second-order valence-corrected chi connectivity index (χ2v) is 9.73. The highest BCUT2D eigenvalue weighted by atomic mass is 19.4. The minimum absolute atomic E-state index is 0.137. The average molecular weight is 499 g/mol. The molecule has 0 N–H and O–H groups in total. The van der Waals surface area contributed by atoms with Crippen molar-refractivity contribution in [1.29, 1.82) is 0 Å². The Bertz CT molecular complexity index is 891. The van der Waals surface area contributed by atoms with Crippen molar-refractivity contribution in [3.05, 3.63) is 33.9 Å². The van der Waals surface area contributed by atoms with Crippen LogP contribution in [0.3, 0.4) is 0 Å². The maximum absolute atomic E-state index is 13.1. The normalized spacial score (nSPS) is 21.3. The summed E-state index contributed by atoms with van der Waals surface area (Å²) in [5, 5.41) is 11.4. The Morgan fingerprint density at radius 1 is 1.03 bits per heavy atom. The lowest BCUT2D eigenvalue weighted by molar-refractivity contribution is -0.384. The maximum Gasteiger partial charge on any atom is 0.416 e. The molecule has 3 aliphatic rings. The topological polar surface area (TPSA) is 79.2 Å². The predicted octanol–water partition coefficient (Wildman–Crippen LogP) is 3.79.